The molecule has 4 aromatic rings. The number of hydrogen-bond acceptors (Lipinski definition) is 6. The van der Waals surface area contributed by atoms with Gasteiger partial charge in [0.15, 0.2) is 0 Å². The van der Waals surface area contributed by atoms with E-state index in [0.717, 1.165) is 5.56 Å². The molecule has 0 aliphatic carbocycles. The highest BCUT2D eigenvalue weighted by molar-refractivity contribution is 7.87. The number of ether oxygens (including phenoxy) is 1. The highest BCUT2D eigenvalue weighted by Gasteiger charge is 2.20. The minimum absolute atomic E-state index is 0.00677. The summed E-state index contributed by atoms with van der Waals surface area (Å²) in [6, 6.07) is 21.1. The lowest BCUT2D eigenvalue weighted by Gasteiger charge is -2.22. The molecule has 1 aromatic heterocycles. The average molecular weight is 496 g/mol. The maximum Gasteiger partial charge on any atom is 0.339 e. The molecule has 0 N–H and O–H groups in total. The second-order valence-electron chi connectivity index (χ2n) is 7.61. The van der Waals surface area contributed by atoms with E-state index in [2.05, 4.69) is 0 Å². The third kappa shape index (κ3) is 6.07. The van der Waals surface area contributed by atoms with E-state index in [1.54, 1.807) is 30.3 Å². The van der Waals surface area contributed by atoms with Crippen molar-refractivity contribution in [1.29, 1.82) is 0 Å². The number of halogens is 1. The molecule has 180 valence electrons. The van der Waals surface area contributed by atoms with E-state index in [4.69, 9.17) is 13.3 Å². The Bertz CT molecular complexity index is 1380. The third-order valence-electron chi connectivity index (χ3n) is 5.14. The molecule has 0 aliphatic rings. The Balaban J connectivity index is 1.50. The first-order valence-electron chi connectivity index (χ1n) is 10.6. The third-order valence-corrected chi connectivity index (χ3v) is 6.40. The quantitative estimate of drug-likeness (QED) is 0.303. The molecule has 0 fully saturated rings. The van der Waals surface area contributed by atoms with Crippen LogP contribution >= 0.6 is 0 Å². The second kappa shape index (κ2) is 10.4. The Morgan fingerprint density at radius 3 is 2.26 bits per heavy atom. The van der Waals surface area contributed by atoms with Crippen molar-refractivity contribution in [1.82, 2.24) is 4.90 Å². The first kappa shape index (κ1) is 24.0. The van der Waals surface area contributed by atoms with Gasteiger partial charge in [-0.3, -0.25) is 4.79 Å². The highest BCUT2D eigenvalue weighted by Crippen LogP contribution is 2.22. The van der Waals surface area contributed by atoms with Gasteiger partial charge in [0.05, 0.1) is 19.9 Å². The summed E-state index contributed by atoms with van der Waals surface area (Å²) in [5, 5.41) is 0. The molecular formula is C26H22FNO6S. The summed E-state index contributed by atoms with van der Waals surface area (Å²) < 4.78 is 54.4. The lowest BCUT2D eigenvalue weighted by Crippen LogP contribution is -2.30. The Morgan fingerprint density at radius 1 is 0.914 bits per heavy atom. The van der Waals surface area contributed by atoms with Crippen LogP contribution in [0.4, 0.5) is 4.39 Å². The Kier molecular flexibility index (Phi) is 7.17. The molecule has 0 saturated heterocycles. The van der Waals surface area contributed by atoms with Crippen LogP contribution in [0.1, 0.15) is 21.7 Å². The maximum atomic E-state index is 13.7. The molecule has 35 heavy (non-hydrogen) atoms. The number of methoxy groups -OCH3 is 1. The fourth-order valence-corrected chi connectivity index (χ4v) is 4.31. The van der Waals surface area contributed by atoms with Crippen LogP contribution in [0.3, 0.4) is 0 Å². The summed E-state index contributed by atoms with van der Waals surface area (Å²) in [4.78, 5) is 14.6. The largest absolute Gasteiger partial charge is 0.497 e. The SMILES string of the molecule is COc1ccc(S(=O)(=O)Oc2ccc(CN(Cc3ccco3)C(=O)c3cccc(F)c3)cc2)cc1. The smallest absolute Gasteiger partial charge is 0.339 e. The molecule has 4 rings (SSSR count). The van der Waals surface area contributed by atoms with Gasteiger partial charge in [0.25, 0.3) is 5.91 Å². The molecule has 0 radical (unpaired) electrons. The number of nitrogens with zero attached hydrogens (tertiary/aromatic N) is 1. The van der Waals surface area contributed by atoms with Gasteiger partial charge in [0, 0.05) is 12.1 Å². The number of amides is 1. The summed E-state index contributed by atoms with van der Waals surface area (Å²) in [6.45, 7) is 0.355. The van der Waals surface area contributed by atoms with E-state index in [1.165, 1.54) is 72.9 Å². The summed E-state index contributed by atoms with van der Waals surface area (Å²) in [6.07, 6.45) is 1.51. The van der Waals surface area contributed by atoms with Crippen molar-refractivity contribution in [3.05, 3.63) is 114 Å². The molecule has 0 saturated carbocycles. The van der Waals surface area contributed by atoms with E-state index in [9.17, 15) is 17.6 Å². The van der Waals surface area contributed by atoms with Crippen LogP contribution in [0.15, 0.2) is 101 Å². The van der Waals surface area contributed by atoms with Crippen LogP contribution in [0.2, 0.25) is 0 Å². The molecule has 0 spiro atoms. The monoisotopic (exact) mass is 495 g/mol. The zero-order chi connectivity index (χ0) is 24.8. The van der Waals surface area contributed by atoms with Crippen molar-refractivity contribution < 1.29 is 30.9 Å². The molecule has 1 heterocycles. The van der Waals surface area contributed by atoms with Crippen molar-refractivity contribution in [2.45, 2.75) is 18.0 Å². The standard InChI is InChI=1S/C26H22FNO6S/c1-32-22-11-13-25(14-12-22)35(30,31)34-23-9-7-19(8-10-23)17-28(18-24-6-3-15-33-24)26(29)20-4-2-5-21(27)16-20/h2-16H,17-18H2,1H3. The molecule has 0 aliphatic heterocycles. The molecule has 0 unspecified atom stereocenters. The average Bonchev–Trinajstić information content (AvgIpc) is 3.37. The van der Waals surface area contributed by atoms with Gasteiger partial charge in [-0.25, -0.2) is 4.39 Å². The second-order valence-corrected chi connectivity index (χ2v) is 9.15. The van der Waals surface area contributed by atoms with Crippen LogP contribution < -0.4 is 8.92 Å². The van der Waals surface area contributed by atoms with Crippen molar-refractivity contribution in [2.24, 2.45) is 0 Å². The lowest BCUT2D eigenvalue weighted by atomic mass is 10.1. The van der Waals surface area contributed by atoms with E-state index in [0.29, 0.717) is 11.5 Å². The van der Waals surface area contributed by atoms with Crippen LogP contribution in [0, 0.1) is 5.82 Å². The van der Waals surface area contributed by atoms with Gasteiger partial charge in [0.2, 0.25) is 0 Å². The Hall–Kier alpha value is -4.11. The zero-order valence-electron chi connectivity index (χ0n) is 18.8. The van der Waals surface area contributed by atoms with Gasteiger partial charge in [0.1, 0.15) is 28.0 Å². The Morgan fingerprint density at radius 2 is 1.63 bits per heavy atom. The number of carbonyl (C=O) groups is 1. The molecule has 1 amide bonds. The number of carbonyl (C=O) groups excluding carboxylic acids is 1. The van der Waals surface area contributed by atoms with Crippen molar-refractivity contribution in [3.8, 4) is 11.5 Å². The normalized spacial score (nSPS) is 11.1. The maximum absolute atomic E-state index is 13.7. The van der Waals surface area contributed by atoms with Crippen LogP contribution in [-0.4, -0.2) is 26.3 Å². The Labute approximate surface area is 202 Å². The van der Waals surface area contributed by atoms with E-state index >= 15 is 0 Å². The first-order valence-corrected chi connectivity index (χ1v) is 12.0. The molecular weight excluding hydrogens is 473 g/mol. The van der Waals surface area contributed by atoms with Gasteiger partial charge in [-0.05, 0) is 72.3 Å². The molecule has 0 atom stereocenters. The van der Waals surface area contributed by atoms with Gasteiger partial charge in [-0.1, -0.05) is 18.2 Å². The summed E-state index contributed by atoms with van der Waals surface area (Å²) in [5.41, 5.74) is 0.928. The summed E-state index contributed by atoms with van der Waals surface area (Å²) >= 11 is 0. The fourth-order valence-electron chi connectivity index (χ4n) is 3.38. The predicted molar refractivity (Wildman–Crippen MR) is 126 cm³/mol. The lowest BCUT2D eigenvalue weighted by molar-refractivity contribution is 0.0717. The minimum Gasteiger partial charge on any atom is -0.497 e. The molecule has 0 bridgehead atoms. The van der Waals surface area contributed by atoms with Gasteiger partial charge in [-0.15, -0.1) is 0 Å². The predicted octanol–water partition coefficient (Wildman–Crippen LogP) is 5.04. The topological polar surface area (TPSA) is 86.1 Å². The number of rotatable bonds is 9. The van der Waals surface area contributed by atoms with Crippen molar-refractivity contribution >= 4 is 16.0 Å². The van der Waals surface area contributed by atoms with Crippen molar-refractivity contribution in [2.75, 3.05) is 7.11 Å². The van der Waals surface area contributed by atoms with E-state index in [-0.39, 0.29) is 35.2 Å². The zero-order valence-corrected chi connectivity index (χ0v) is 19.6. The summed E-state index contributed by atoms with van der Waals surface area (Å²) in [5.74, 6) is 0.343. The first-order chi connectivity index (χ1) is 16.8. The molecule has 9 heteroatoms. The van der Waals surface area contributed by atoms with E-state index in [1.807, 2.05) is 0 Å². The van der Waals surface area contributed by atoms with Gasteiger partial charge in [-0.2, -0.15) is 8.42 Å². The van der Waals surface area contributed by atoms with Crippen LogP contribution in [-0.2, 0) is 23.2 Å². The van der Waals surface area contributed by atoms with E-state index < -0.39 is 15.9 Å². The van der Waals surface area contributed by atoms with Crippen molar-refractivity contribution in [3.63, 3.8) is 0 Å². The molecule has 7 nitrogen and oxygen atoms in total. The van der Waals surface area contributed by atoms with Crippen LogP contribution in [0.5, 0.6) is 11.5 Å². The number of benzene rings is 3. The van der Waals surface area contributed by atoms with Crippen LogP contribution in [0.25, 0.3) is 0 Å². The number of hydrogen-bond donors (Lipinski definition) is 0. The van der Waals surface area contributed by atoms with Gasteiger partial charge < -0.3 is 18.2 Å². The highest BCUT2D eigenvalue weighted by atomic mass is 32.2. The van der Waals surface area contributed by atoms with Gasteiger partial charge >= 0.3 is 10.1 Å². The fraction of sp³-hybridized carbons (Fsp3) is 0.115. The number of furan rings is 1. The minimum atomic E-state index is -4.03. The summed E-state index contributed by atoms with van der Waals surface area (Å²) in [7, 11) is -2.54. The molecule has 3 aromatic carbocycles.